The number of hydrogen-bond donors (Lipinski definition) is 2. The van der Waals surface area contributed by atoms with Gasteiger partial charge in [0.25, 0.3) is 5.91 Å². The first-order chi connectivity index (χ1) is 12.3. The van der Waals surface area contributed by atoms with Crippen LogP contribution in [0.15, 0.2) is 47.1 Å². The Hall–Kier alpha value is -3.08. The molecule has 1 heterocycles. The Labute approximate surface area is 153 Å². The van der Waals surface area contributed by atoms with Crippen molar-refractivity contribution in [3.8, 4) is 5.75 Å². The number of carbonyl (C=O) groups excluding carboxylic acids is 1. The molecule has 3 N–H and O–H groups in total. The molecule has 1 amide bonds. The molecular formula is C21H23N3O2. The SMILES string of the molecule is CC1=NC(=O)/C(=C/c2cccc(N)c2)N1c1cc(C(C)C)c(O)cc1C. The van der Waals surface area contributed by atoms with Gasteiger partial charge in [-0.05, 0) is 66.8 Å². The Morgan fingerprint density at radius 1 is 1.19 bits per heavy atom. The fraction of sp³-hybridized carbons (Fsp3) is 0.238. The maximum absolute atomic E-state index is 12.5. The highest BCUT2D eigenvalue weighted by molar-refractivity contribution is 6.22. The van der Waals surface area contributed by atoms with Crippen LogP contribution in [-0.4, -0.2) is 16.8 Å². The Balaban J connectivity index is 2.14. The van der Waals surface area contributed by atoms with Gasteiger partial charge in [-0.3, -0.25) is 9.69 Å². The highest BCUT2D eigenvalue weighted by Gasteiger charge is 2.30. The van der Waals surface area contributed by atoms with Crippen LogP contribution in [0.1, 0.15) is 43.4 Å². The molecule has 0 radical (unpaired) electrons. The smallest absolute Gasteiger partial charge is 0.295 e. The van der Waals surface area contributed by atoms with Gasteiger partial charge in [0, 0.05) is 5.69 Å². The van der Waals surface area contributed by atoms with E-state index in [1.165, 1.54) is 0 Å². The van der Waals surface area contributed by atoms with E-state index in [0.29, 0.717) is 17.2 Å². The van der Waals surface area contributed by atoms with Crippen molar-refractivity contribution in [2.45, 2.75) is 33.6 Å². The first kappa shape index (κ1) is 17.7. The largest absolute Gasteiger partial charge is 0.508 e. The lowest BCUT2D eigenvalue weighted by Gasteiger charge is -2.24. The summed E-state index contributed by atoms with van der Waals surface area (Å²) in [6, 6.07) is 11.0. The minimum absolute atomic E-state index is 0.159. The molecule has 2 aromatic carbocycles. The van der Waals surface area contributed by atoms with E-state index in [-0.39, 0.29) is 17.6 Å². The number of rotatable bonds is 3. The van der Waals surface area contributed by atoms with Crippen molar-refractivity contribution in [1.82, 2.24) is 0 Å². The summed E-state index contributed by atoms with van der Waals surface area (Å²) >= 11 is 0. The number of nitrogens with two attached hydrogens (primary N) is 1. The summed E-state index contributed by atoms with van der Waals surface area (Å²) in [5.74, 6) is 0.742. The second kappa shape index (κ2) is 6.67. The number of nitrogen functional groups attached to an aromatic ring is 1. The average molecular weight is 349 g/mol. The number of phenols is 1. The number of amidine groups is 1. The number of aryl methyl sites for hydroxylation is 1. The van der Waals surface area contributed by atoms with Crippen molar-refractivity contribution in [3.63, 3.8) is 0 Å². The van der Waals surface area contributed by atoms with Gasteiger partial charge in [-0.2, -0.15) is 4.99 Å². The third kappa shape index (κ3) is 3.20. The van der Waals surface area contributed by atoms with Gasteiger partial charge in [0.05, 0.1) is 5.69 Å². The number of amides is 1. The summed E-state index contributed by atoms with van der Waals surface area (Å²) in [5, 5.41) is 10.2. The monoisotopic (exact) mass is 349 g/mol. The van der Waals surface area contributed by atoms with Crippen LogP contribution >= 0.6 is 0 Å². The molecule has 0 fully saturated rings. The molecule has 5 nitrogen and oxygen atoms in total. The van der Waals surface area contributed by atoms with Crippen molar-refractivity contribution < 1.29 is 9.90 Å². The topological polar surface area (TPSA) is 78.9 Å². The van der Waals surface area contributed by atoms with Gasteiger partial charge in [0.1, 0.15) is 17.3 Å². The van der Waals surface area contributed by atoms with Crippen LogP contribution in [0.2, 0.25) is 0 Å². The van der Waals surface area contributed by atoms with Gasteiger partial charge in [0.15, 0.2) is 0 Å². The minimum atomic E-state index is -0.288. The molecule has 0 unspecified atom stereocenters. The van der Waals surface area contributed by atoms with E-state index in [0.717, 1.165) is 22.4 Å². The summed E-state index contributed by atoms with van der Waals surface area (Å²) in [6.45, 7) is 7.76. The maximum Gasteiger partial charge on any atom is 0.295 e. The van der Waals surface area contributed by atoms with E-state index in [1.807, 2.05) is 49.9 Å². The normalized spacial score (nSPS) is 15.9. The zero-order valence-electron chi connectivity index (χ0n) is 15.4. The Kier molecular flexibility index (Phi) is 4.55. The molecule has 0 aromatic heterocycles. The Morgan fingerprint density at radius 2 is 1.92 bits per heavy atom. The summed E-state index contributed by atoms with van der Waals surface area (Å²) in [7, 11) is 0. The number of phenolic OH excluding ortho intramolecular Hbond substituents is 1. The van der Waals surface area contributed by atoms with E-state index in [4.69, 9.17) is 5.73 Å². The van der Waals surface area contributed by atoms with Crippen molar-refractivity contribution >= 4 is 29.2 Å². The lowest BCUT2D eigenvalue weighted by molar-refractivity contribution is -0.113. The molecule has 3 rings (SSSR count). The van der Waals surface area contributed by atoms with Crippen molar-refractivity contribution in [3.05, 3.63) is 58.8 Å². The molecule has 0 atom stereocenters. The van der Waals surface area contributed by atoms with Crippen LogP contribution in [0, 0.1) is 6.92 Å². The second-order valence-electron chi connectivity index (χ2n) is 6.85. The van der Waals surface area contributed by atoms with Crippen LogP contribution in [0.5, 0.6) is 5.75 Å². The summed E-state index contributed by atoms with van der Waals surface area (Å²) < 4.78 is 0. The number of carbonyl (C=O) groups is 1. The lowest BCUT2D eigenvalue weighted by Crippen LogP contribution is -2.25. The van der Waals surface area contributed by atoms with E-state index in [9.17, 15) is 9.90 Å². The standard InChI is InChI=1S/C21H23N3O2/c1-12(2)17-11-18(13(3)8-20(17)25)24-14(4)23-21(26)19(24)10-15-6-5-7-16(22)9-15/h5-12,25H,22H2,1-4H3/b19-10-. The van der Waals surface area contributed by atoms with Gasteiger partial charge in [0.2, 0.25) is 0 Å². The third-order valence-electron chi connectivity index (χ3n) is 4.47. The molecule has 5 heteroatoms. The lowest BCUT2D eigenvalue weighted by atomic mass is 9.98. The molecule has 134 valence electrons. The molecule has 0 saturated heterocycles. The van der Waals surface area contributed by atoms with Crippen LogP contribution in [0.4, 0.5) is 11.4 Å². The fourth-order valence-corrected chi connectivity index (χ4v) is 3.16. The van der Waals surface area contributed by atoms with Gasteiger partial charge in [-0.1, -0.05) is 26.0 Å². The molecular weight excluding hydrogens is 326 g/mol. The van der Waals surface area contributed by atoms with Gasteiger partial charge < -0.3 is 10.8 Å². The van der Waals surface area contributed by atoms with E-state index < -0.39 is 0 Å². The number of aliphatic imine (C=N–C) groups is 1. The predicted octanol–water partition coefficient (Wildman–Crippen LogP) is 4.21. The van der Waals surface area contributed by atoms with Crippen LogP contribution in [0.3, 0.4) is 0 Å². The number of nitrogens with zero attached hydrogens (tertiary/aromatic N) is 2. The fourth-order valence-electron chi connectivity index (χ4n) is 3.16. The zero-order valence-corrected chi connectivity index (χ0v) is 15.4. The third-order valence-corrected chi connectivity index (χ3v) is 4.47. The van der Waals surface area contributed by atoms with Gasteiger partial charge >= 0.3 is 0 Å². The molecule has 26 heavy (non-hydrogen) atoms. The number of hydrogen-bond acceptors (Lipinski definition) is 4. The van der Waals surface area contributed by atoms with Crippen molar-refractivity contribution in [1.29, 1.82) is 0 Å². The number of aromatic hydroxyl groups is 1. The quantitative estimate of drug-likeness (QED) is 0.642. The summed E-state index contributed by atoms with van der Waals surface area (Å²) in [4.78, 5) is 18.4. The predicted molar refractivity (Wildman–Crippen MR) is 106 cm³/mol. The first-order valence-electron chi connectivity index (χ1n) is 8.58. The summed E-state index contributed by atoms with van der Waals surface area (Å²) in [5.41, 5.74) is 10.3. The average Bonchev–Trinajstić information content (AvgIpc) is 2.81. The van der Waals surface area contributed by atoms with Crippen molar-refractivity contribution in [2.24, 2.45) is 4.99 Å². The maximum atomic E-state index is 12.5. The molecule has 1 aliphatic rings. The first-order valence-corrected chi connectivity index (χ1v) is 8.58. The molecule has 0 bridgehead atoms. The van der Waals surface area contributed by atoms with Crippen molar-refractivity contribution in [2.75, 3.05) is 10.6 Å². The molecule has 2 aromatic rings. The molecule has 0 saturated carbocycles. The van der Waals surface area contributed by atoms with E-state index in [2.05, 4.69) is 4.99 Å². The highest BCUT2D eigenvalue weighted by atomic mass is 16.3. The Bertz CT molecular complexity index is 942. The Morgan fingerprint density at radius 3 is 2.58 bits per heavy atom. The highest BCUT2D eigenvalue weighted by Crippen LogP contribution is 2.36. The molecule has 0 aliphatic carbocycles. The molecule has 0 spiro atoms. The van der Waals surface area contributed by atoms with Crippen LogP contribution in [-0.2, 0) is 4.79 Å². The second-order valence-corrected chi connectivity index (χ2v) is 6.85. The summed E-state index contributed by atoms with van der Waals surface area (Å²) in [6.07, 6.45) is 1.79. The van der Waals surface area contributed by atoms with Gasteiger partial charge in [-0.25, -0.2) is 0 Å². The van der Waals surface area contributed by atoms with E-state index in [1.54, 1.807) is 25.1 Å². The molecule has 1 aliphatic heterocycles. The zero-order chi connectivity index (χ0) is 19.0. The number of benzene rings is 2. The van der Waals surface area contributed by atoms with Crippen LogP contribution in [0.25, 0.3) is 6.08 Å². The van der Waals surface area contributed by atoms with E-state index >= 15 is 0 Å². The van der Waals surface area contributed by atoms with Gasteiger partial charge in [-0.15, -0.1) is 0 Å². The van der Waals surface area contributed by atoms with Crippen LogP contribution < -0.4 is 10.6 Å². The number of anilines is 2. The minimum Gasteiger partial charge on any atom is -0.508 e.